The molecule has 0 bridgehead atoms. The third-order valence-corrected chi connectivity index (χ3v) is 11.1. The summed E-state index contributed by atoms with van der Waals surface area (Å²) in [7, 11) is 0. The van der Waals surface area contributed by atoms with Gasteiger partial charge in [0, 0.05) is 54.8 Å². The molecule has 4 aromatic heterocycles. The number of hydrogen-bond donors (Lipinski definition) is 0. The molecule has 5 heteroatoms. The van der Waals surface area contributed by atoms with Crippen LogP contribution in [0.4, 0.5) is 0 Å². The summed E-state index contributed by atoms with van der Waals surface area (Å²) in [6, 6.07) is 64.1. The van der Waals surface area contributed by atoms with Crippen molar-refractivity contribution in [2.45, 2.75) is 0 Å². The van der Waals surface area contributed by atoms with E-state index in [1.54, 1.807) is 0 Å². The second-order valence-electron chi connectivity index (χ2n) is 14.1. The predicted octanol–water partition coefficient (Wildman–Crippen LogP) is 13.1. The molecular weight excluding hydrogens is 673 g/mol. The second-order valence-corrected chi connectivity index (χ2v) is 14.1. The van der Waals surface area contributed by atoms with Crippen LogP contribution in [0.1, 0.15) is 0 Å². The molecule has 0 aliphatic carbocycles. The third kappa shape index (κ3) is 4.35. The van der Waals surface area contributed by atoms with Crippen molar-refractivity contribution in [1.82, 2.24) is 19.1 Å². The fourth-order valence-corrected chi connectivity index (χ4v) is 8.73. The highest BCUT2D eigenvalue weighted by Crippen LogP contribution is 2.45. The lowest BCUT2D eigenvalue weighted by molar-refractivity contribution is 0.669. The van der Waals surface area contributed by atoms with Crippen LogP contribution < -0.4 is 0 Å². The van der Waals surface area contributed by atoms with Gasteiger partial charge in [-0.2, -0.15) is 0 Å². The maximum Gasteiger partial charge on any atom is 0.160 e. The summed E-state index contributed by atoms with van der Waals surface area (Å²) >= 11 is 0. The molecule has 55 heavy (non-hydrogen) atoms. The zero-order valence-electron chi connectivity index (χ0n) is 29.5. The van der Waals surface area contributed by atoms with Crippen LogP contribution in [0, 0.1) is 0 Å². The van der Waals surface area contributed by atoms with Gasteiger partial charge in [-0.1, -0.05) is 115 Å². The van der Waals surface area contributed by atoms with Gasteiger partial charge in [0.15, 0.2) is 5.82 Å². The van der Waals surface area contributed by atoms with E-state index in [-0.39, 0.29) is 0 Å². The molecule has 0 fully saturated rings. The van der Waals surface area contributed by atoms with Gasteiger partial charge < -0.3 is 13.6 Å². The Balaban J connectivity index is 1.15. The first kappa shape index (κ1) is 30.0. The molecule has 8 aromatic carbocycles. The largest absolute Gasteiger partial charge is 0.456 e. The average molecular weight is 703 g/mol. The maximum atomic E-state index is 6.45. The number of hydrogen-bond acceptors (Lipinski definition) is 3. The molecule has 0 atom stereocenters. The van der Waals surface area contributed by atoms with Gasteiger partial charge >= 0.3 is 0 Å². The molecule has 0 saturated heterocycles. The zero-order valence-corrected chi connectivity index (χ0v) is 29.5. The highest BCUT2D eigenvalue weighted by molar-refractivity contribution is 6.29. The van der Waals surface area contributed by atoms with Crippen LogP contribution in [-0.2, 0) is 0 Å². The molecule has 0 amide bonds. The average Bonchev–Trinajstić information content (AvgIpc) is 3.92. The summed E-state index contributed by atoms with van der Waals surface area (Å²) in [5.74, 6) is 0.703. The minimum atomic E-state index is 0.703. The first-order chi connectivity index (χ1) is 27.3. The quantitative estimate of drug-likeness (QED) is 0.183. The molecule has 4 heterocycles. The van der Waals surface area contributed by atoms with E-state index in [4.69, 9.17) is 14.4 Å². The Morgan fingerprint density at radius 2 is 0.964 bits per heavy atom. The number of nitrogens with zero attached hydrogens (tertiary/aromatic N) is 4. The monoisotopic (exact) mass is 702 g/mol. The SMILES string of the molecule is c1ccc(-c2nc(-c3ccc(-n4c5ccccc5c5ccc6c7ccc8oc9ccccc9c8c7n(-c7ccccc7)c6c54)cc3)nc3ccccc23)cc1. The Morgan fingerprint density at radius 3 is 1.78 bits per heavy atom. The minimum Gasteiger partial charge on any atom is -0.456 e. The number of furan rings is 1. The van der Waals surface area contributed by atoms with E-state index in [1.165, 1.54) is 21.5 Å². The van der Waals surface area contributed by atoms with Crippen LogP contribution >= 0.6 is 0 Å². The zero-order chi connectivity index (χ0) is 36.0. The van der Waals surface area contributed by atoms with Crippen LogP contribution in [-0.4, -0.2) is 19.1 Å². The number of rotatable bonds is 4. The van der Waals surface area contributed by atoms with E-state index in [0.29, 0.717) is 5.82 Å². The summed E-state index contributed by atoms with van der Waals surface area (Å²) in [4.78, 5) is 10.2. The van der Waals surface area contributed by atoms with Crippen molar-refractivity contribution in [3.05, 3.63) is 182 Å². The van der Waals surface area contributed by atoms with Gasteiger partial charge in [-0.15, -0.1) is 0 Å². The Hall–Kier alpha value is -7.50. The highest BCUT2D eigenvalue weighted by atomic mass is 16.3. The lowest BCUT2D eigenvalue weighted by Gasteiger charge is -2.13. The summed E-state index contributed by atoms with van der Waals surface area (Å²) in [5, 5.41) is 8.06. The summed E-state index contributed by atoms with van der Waals surface area (Å²) < 4.78 is 11.3. The van der Waals surface area contributed by atoms with Crippen LogP contribution in [0.2, 0.25) is 0 Å². The normalized spacial score (nSPS) is 12.0. The minimum absolute atomic E-state index is 0.703. The molecule has 12 aromatic rings. The van der Waals surface area contributed by atoms with Crippen molar-refractivity contribution >= 4 is 76.5 Å². The first-order valence-corrected chi connectivity index (χ1v) is 18.6. The molecule has 0 unspecified atom stereocenters. The lowest BCUT2D eigenvalue weighted by Crippen LogP contribution is -1.99. The van der Waals surface area contributed by atoms with Gasteiger partial charge in [-0.25, -0.2) is 9.97 Å². The number of aromatic nitrogens is 4. The van der Waals surface area contributed by atoms with Crippen molar-refractivity contribution in [3.8, 4) is 34.0 Å². The molecule has 12 rings (SSSR count). The molecule has 0 aliphatic heterocycles. The van der Waals surface area contributed by atoms with Crippen LogP contribution in [0.15, 0.2) is 186 Å². The lowest BCUT2D eigenvalue weighted by atomic mass is 10.1. The van der Waals surface area contributed by atoms with Crippen LogP contribution in [0.3, 0.4) is 0 Å². The van der Waals surface area contributed by atoms with E-state index < -0.39 is 0 Å². The predicted molar refractivity (Wildman–Crippen MR) is 226 cm³/mol. The molecule has 0 spiro atoms. The number of fused-ring (bicyclic) bond motifs is 12. The van der Waals surface area contributed by atoms with Gasteiger partial charge in [0.05, 0.1) is 38.7 Å². The topological polar surface area (TPSA) is 48.8 Å². The fraction of sp³-hybridized carbons (Fsp3) is 0. The molecular formula is C50H30N4O. The standard InChI is InChI=1S/C50H30N4O/c1-3-13-31(14-4-1)46-39-18-7-10-20-41(39)51-50(52-46)32-23-25-34(26-24-32)53-42-21-11-8-17-35(42)36-27-28-38-37-29-30-44-45(40-19-9-12-22-43(40)55-44)47(37)54(49(38)48(36)53)33-15-5-2-6-16-33/h1-30H. The van der Waals surface area contributed by atoms with E-state index in [2.05, 4.69) is 167 Å². The van der Waals surface area contributed by atoms with Gasteiger partial charge in [0.1, 0.15) is 11.2 Å². The van der Waals surface area contributed by atoms with Crippen molar-refractivity contribution in [2.24, 2.45) is 0 Å². The van der Waals surface area contributed by atoms with Crippen LogP contribution in [0.25, 0.3) is 110 Å². The molecule has 0 radical (unpaired) electrons. The Bertz CT molecular complexity index is 3470. The van der Waals surface area contributed by atoms with Gasteiger partial charge in [0.25, 0.3) is 0 Å². The third-order valence-electron chi connectivity index (χ3n) is 11.1. The Labute approximate surface area is 315 Å². The molecule has 0 N–H and O–H groups in total. The molecule has 0 saturated carbocycles. The van der Waals surface area contributed by atoms with Gasteiger partial charge in [-0.05, 0) is 66.7 Å². The van der Waals surface area contributed by atoms with Gasteiger partial charge in [-0.3, -0.25) is 0 Å². The van der Waals surface area contributed by atoms with E-state index in [9.17, 15) is 0 Å². The second kappa shape index (κ2) is 11.5. The van der Waals surface area contributed by atoms with Crippen molar-refractivity contribution in [1.29, 1.82) is 0 Å². The number of para-hydroxylation sites is 4. The Morgan fingerprint density at radius 1 is 0.364 bits per heavy atom. The number of benzene rings is 8. The smallest absolute Gasteiger partial charge is 0.160 e. The fourth-order valence-electron chi connectivity index (χ4n) is 8.73. The highest BCUT2D eigenvalue weighted by Gasteiger charge is 2.24. The van der Waals surface area contributed by atoms with Gasteiger partial charge in [0.2, 0.25) is 0 Å². The molecule has 5 nitrogen and oxygen atoms in total. The van der Waals surface area contributed by atoms with Crippen molar-refractivity contribution in [2.75, 3.05) is 0 Å². The van der Waals surface area contributed by atoms with E-state index in [1.807, 2.05) is 24.3 Å². The summed E-state index contributed by atoms with van der Waals surface area (Å²) in [6.07, 6.45) is 0. The molecule has 256 valence electrons. The first-order valence-electron chi connectivity index (χ1n) is 18.6. The van der Waals surface area contributed by atoms with E-state index >= 15 is 0 Å². The summed E-state index contributed by atoms with van der Waals surface area (Å²) in [6.45, 7) is 0. The molecule has 0 aliphatic rings. The Kier molecular flexibility index (Phi) is 6.27. The van der Waals surface area contributed by atoms with Crippen LogP contribution in [0.5, 0.6) is 0 Å². The maximum absolute atomic E-state index is 6.45. The summed E-state index contributed by atoms with van der Waals surface area (Å²) in [5.41, 5.74) is 12.4. The van der Waals surface area contributed by atoms with Crippen molar-refractivity contribution in [3.63, 3.8) is 0 Å². The van der Waals surface area contributed by atoms with E-state index in [0.717, 1.165) is 83.1 Å². The van der Waals surface area contributed by atoms with Crippen molar-refractivity contribution < 1.29 is 4.42 Å².